The molecule has 0 saturated heterocycles. The Kier molecular flexibility index (Phi) is 7.81. The van der Waals surface area contributed by atoms with Crippen LogP contribution in [-0.4, -0.2) is 18.3 Å². The lowest BCUT2D eigenvalue weighted by Gasteiger charge is -2.18. The summed E-state index contributed by atoms with van der Waals surface area (Å²) < 4.78 is 77.3. The average molecular weight is 464 g/mol. The minimum absolute atomic E-state index is 0.0140. The highest BCUT2D eigenvalue weighted by molar-refractivity contribution is 6.31. The number of carbonyl (C=O) groups is 1. The molecular formula is C22H20ClF6NO. The number of hydrogen-bond donors (Lipinski definition) is 1. The van der Waals surface area contributed by atoms with E-state index in [2.05, 4.69) is 5.32 Å². The van der Waals surface area contributed by atoms with Crippen LogP contribution in [-0.2, 0) is 11.3 Å². The molecule has 9 heteroatoms. The maximum Gasteiger partial charge on any atom is 0.399 e. The third-order valence-electron chi connectivity index (χ3n) is 4.59. The molecule has 0 aliphatic rings. The van der Waals surface area contributed by atoms with Crippen LogP contribution < -0.4 is 5.32 Å². The molecule has 31 heavy (non-hydrogen) atoms. The molecule has 0 saturated carbocycles. The van der Waals surface area contributed by atoms with Crippen molar-refractivity contribution >= 4 is 23.6 Å². The van der Waals surface area contributed by atoms with Gasteiger partial charge in [0.1, 0.15) is 6.42 Å². The molecule has 1 atom stereocenters. The summed E-state index contributed by atoms with van der Waals surface area (Å²) in [7, 11) is 0. The van der Waals surface area contributed by atoms with Crippen molar-refractivity contribution in [2.24, 2.45) is 0 Å². The zero-order chi connectivity index (χ0) is 23.4. The van der Waals surface area contributed by atoms with Gasteiger partial charge in [-0.05, 0) is 47.7 Å². The Labute approximate surface area is 180 Å². The number of halogens is 7. The number of carbonyl (C=O) groups excluding carboxylic acids is 1. The lowest BCUT2D eigenvalue weighted by atomic mass is 9.95. The second-order valence-electron chi connectivity index (χ2n) is 7.14. The Balaban J connectivity index is 2.16. The van der Waals surface area contributed by atoms with Crippen LogP contribution in [0, 0.1) is 13.8 Å². The Hall–Kier alpha value is -2.48. The van der Waals surface area contributed by atoms with Crippen molar-refractivity contribution in [1.29, 1.82) is 0 Å². The van der Waals surface area contributed by atoms with E-state index in [0.29, 0.717) is 22.3 Å². The zero-order valence-corrected chi connectivity index (χ0v) is 17.4. The van der Waals surface area contributed by atoms with Crippen molar-refractivity contribution in [3.63, 3.8) is 0 Å². The van der Waals surface area contributed by atoms with Crippen LogP contribution in [0.1, 0.15) is 40.2 Å². The van der Waals surface area contributed by atoms with Crippen LogP contribution in [0.15, 0.2) is 42.5 Å². The van der Waals surface area contributed by atoms with Gasteiger partial charge < -0.3 is 5.32 Å². The highest BCUT2D eigenvalue weighted by atomic mass is 35.5. The zero-order valence-electron chi connectivity index (χ0n) is 16.7. The van der Waals surface area contributed by atoms with Gasteiger partial charge in [0.05, 0.1) is 5.92 Å². The molecule has 2 aromatic carbocycles. The SMILES string of the molecule is Cc1ccc(C(/C=C/c2ccc(CNC(=O)CC(F)(F)F)c(C)c2)C(F)(F)F)cc1Cl. The van der Waals surface area contributed by atoms with Crippen LogP contribution >= 0.6 is 11.6 Å². The van der Waals surface area contributed by atoms with Crippen molar-refractivity contribution in [2.45, 2.75) is 45.1 Å². The Morgan fingerprint density at radius 1 is 1.03 bits per heavy atom. The lowest BCUT2D eigenvalue weighted by Crippen LogP contribution is -2.28. The van der Waals surface area contributed by atoms with Gasteiger partial charge in [0.2, 0.25) is 5.91 Å². The van der Waals surface area contributed by atoms with E-state index in [1.54, 1.807) is 26.0 Å². The van der Waals surface area contributed by atoms with Crippen molar-refractivity contribution in [2.75, 3.05) is 0 Å². The fourth-order valence-corrected chi connectivity index (χ4v) is 3.07. The first-order valence-electron chi connectivity index (χ1n) is 9.20. The van der Waals surface area contributed by atoms with Gasteiger partial charge in [0, 0.05) is 11.6 Å². The summed E-state index contributed by atoms with van der Waals surface area (Å²) in [5.41, 5.74) is 2.35. The van der Waals surface area contributed by atoms with Crippen LogP contribution in [0.5, 0.6) is 0 Å². The summed E-state index contributed by atoms with van der Waals surface area (Å²) in [5, 5.41) is 2.42. The van der Waals surface area contributed by atoms with E-state index in [1.807, 2.05) is 0 Å². The molecule has 2 nitrogen and oxygen atoms in total. The molecule has 0 aliphatic heterocycles. The van der Waals surface area contributed by atoms with Gasteiger partial charge in [-0.1, -0.05) is 54.1 Å². The van der Waals surface area contributed by atoms with E-state index in [0.717, 1.165) is 6.08 Å². The number of alkyl halides is 6. The first-order chi connectivity index (χ1) is 14.3. The maximum atomic E-state index is 13.6. The molecule has 1 N–H and O–H groups in total. The van der Waals surface area contributed by atoms with Crippen molar-refractivity contribution in [3.8, 4) is 0 Å². The topological polar surface area (TPSA) is 29.1 Å². The molecule has 2 aromatic rings. The van der Waals surface area contributed by atoms with Gasteiger partial charge >= 0.3 is 12.4 Å². The quantitative estimate of drug-likeness (QED) is 0.465. The smallest absolute Gasteiger partial charge is 0.352 e. The van der Waals surface area contributed by atoms with Gasteiger partial charge in [0.25, 0.3) is 0 Å². The number of amides is 1. The van der Waals surface area contributed by atoms with E-state index in [-0.39, 0.29) is 17.1 Å². The number of allylic oxidation sites excluding steroid dienone is 1. The predicted molar refractivity (Wildman–Crippen MR) is 108 cm³/mol. The largest absolute Gasteiger partial charge is 0.399 e. The summed E-state index contributed by atoms with van der Waals surface area (Å²) in [6.07, 6.45) is -8.34. The number of hydrogen-bond acceptors (Lipinski definition) is 1. The number of nitrogens with one attached hydrogen (secondary N) is 1. The molecule has 0 heterocycles. The predicted octanol–water partition coefficient (Wildman–Crippen LogP) is 6.88. The molecule has 168 valence electrons. The van der Waals surface area contributed by atoms with Gasteiger partial charge in [-0.15, -0.1) is 0 Å². The minimum Gasteiger partial charge on any atom is -0.352 e. The molecular weight excluding hydrogens is 444 g/mol. The standard InChI is InChI=1S/C22H20ClF6NO/c1-13-3-6-16(10-19(13)23)18(22(27,28)29)8-5-15-4-7-17(14(2)9-15)12-30-20(31)11-21(24,25)26/h3-10,18H,11-12H2,1-2H3,(H,30,31)/b8-5+. The minimum atomic E-state index is -4.59. The van der Waals surface area contributed by atoms with E-state index in [4.69, 9.17) is 11.6 Å². The second kappa shape index (κ2) is 9.77. The van der Waals surface area contributed by atoms with Gasteiger partial charge in [-0.2, -0.15) is 26.3 Å². The molecule has 1 amide bonds. The van der Waals surface area contributed by atoms with Crippen LogP contribution in [0.25, 0.3) is 6.08 Å². The van der Waals surface area contributed by atoms with Crippen LogP contribution in [0.2, 0.25) is 5.02 Å². The first-order valence-corrected chi connectivity index (χ1v) is 9.58. The molecule has 0 aliphatic carbocycles. The second-order valence-corrected chi connectivity index (χ2v) is 7.55. The molecule has 0 radical (unpaired) electrons. The van der Waals surface area contributed by atoms with Crippen molar-refractivity contribution in [3.05, 3.63) is 75.3 Å². The maximum absolute atomic E-state index is 13.6. The molecule has 0 bridgehead atoms. The number of benzene rings is 2. The third kappa shape index (κ3) is 7.61. The summed E-state index contributed by atoms with van der Waals surface area (Å²) in [4.78, 5) is 11.3. The summed E-state index contributed by atoms with van der Waals surface area (Å²) in [6, 6.07) is 8.87. The summed E-state index contributed by atoms with van der Waals surface area (Å²) in [6.45, 7) is 3.24. The molecule has 0 aromatic heterocycles. The molecule has 2 rings (SSSR count). The van der Waals surface area contributed by atoms with Crippen molar-refractivity contribution in [1.82, 2.24) is 5.32 Å². The molecule has 0 spiro atoms. The van der Waals surface area contributed by atoms with E-state index in [1.165, 1.54) is 30.3 Å². The van der Waals surface area contributed by atoms with E-state index in [9.17, 15) is 31.1 Å². The van der Waals surface area contributed by atoms with Crippen molar-refractivity contribution < 1.29 is 31.1 Å². The van der Waals surface area contributed by atoms with Gasteiger partial charge in [-0.3, -0.25) is 4.79 Å². The highest BCUT2D eigenvalue weighted by Crippen LogP contribution is 2.37. The van der Waals surface area contributed by atoms with E-state index < -0.39 is 30.6 Å². The van der Waals surface area contributed by atoms with E-state index >= 15 is 0 Å². The summed E-state index contributed by atoms with van der Waals surface area (Å²) in [5.74, 6) is -3.01. The molecule has 0 fully saturated rings. The Morgan fingerprint density at radius 2 is 1.71 bits per heavy atom. The highest BCUT2D eigenvalue weighted by Gasteiger charge is 2.39. The third-order valence-corrected chi connectivity index (χ3v) is 5.00. The van der Waals surface area contributed by atoms with Crippen LogP contribution in [0.4, 0.5) is 26.3 Å². The lowest BCUT2D eigenvalue weighted by molar-refractivity contribution is -0.153. The summed E-state index contributed by atoms with van der Waals surface area (Å²) >= 11 is 5.97. The Morgan fingerprint density at radius 3 is 2.26 bits per heavy atom. The Bertz CT molecular complexity index is 965. The first kappa shape index (κ1) is 24.8. The fraction of sp³-hybridized carbons (Fsp3) is 0.318. The number of rotatable bonds is 6. The normalized spacial score (nSPS) is 13.5. The van der Waals surface area contributed by atoms with Crippen LogP contribution in [0.3, 0.4) is 0 Å². The number of aryl methyl sites for hydroxylation is 2. The monoisotopic (exact) mass is 463 g/mol. The fourth-order valence-electron chi connectivity index (χ4n) is 2.88. The molecule has 1 unspecified atom stereocenters. The average Bonchev–Trinajstić information content (AvgIpc) is 2.61. The van der Waals surface area contributed by atoms with Gasteiger partial charge in [0.15, 0.2) is 0 Å². The van der Waals surface area contributed by atoms with Gasteiger partial charge in [-0.25, -0.2) is 0 Å².